The van der Waals surface area contributed by atoms with Crippen molar-refractivity contribution in [2.24, 2.45) is 0 Å². The van der Waals surface area contributed by atoms with Crippen LogP contribution in [0.1, 0.15) is 5.56 Å². The fourth-order valence-electron chi connectivity index (χ4n) is 0.985. The highest BCUT2D eigenvalue weighted by atomic mass is 35.5. The number of hydrogen-bond donors (Lipinski definition) is 1. The van der Waals surface area contributed by atoms with Gasteiger partial charge in [-0.15, -0.1) is 0 Å². The topological polar surface area (TPSA) is 38.3 Å². The molecule has 4 heteroatoms. The van der Waals surface area contributed by atoms with Crippen LogP contribution in [0.25, 0.3) is 0 Å². The molecule has 0 aliphatic carbocycles. The lowest BCUT2D eigenvalue weighted by atomic mass is 10.2. The Bertz CT molecular complexity index is 297. The number of ether oxygens (including phenoxy) is 1. The molecule has 1 aromatic carbocycles. The Morgan fingerprint density at radius 1 is 1.43 bits per heavy atom. The van der Waals surface area contributed by atoms with E-state index in [9.17, 15) is 4.79 Å². The minimum atomic E-state index is -0.123. The molecule has 0 saturated heterocycles. The number of halogens is 1. The zero-order valence-corrected chi connectivity index (χ0v) is 8.67. The first-order valence-electron chi connectivity index (χ1n) is 4.22. The largest absolute Gasteiger partial charge is 0.375 e. The van der Waals surface area contributed by atoms with Crippen LogP contribution in [0.3, 0.4) is 0 Å². The number of carbonyl (C=O) groups excluding carboxylic acids is 1. The molecule has 0 heterocycles. The zero-order chi connectivity index (χ0) is 10.4. The van der Waals surface area contributed by atoms with E-state index in [-0.39, 0.29) is 12.5 Å². The maximum atomic E-state index is 11.0. The second-order valence-electron chi connectivity index (χ2n) is 2.84. The van der Waals surface area contributed by atoms with Crippen molar-refractivity contribution in [1.82, 2.24) is 5.32 Å². The summed E-state index contributed by atoms with van der Waals surface area (Å²) >= 11 is 5.72. The lowest BCUT2D eigenvalue weighted by molar-refractivity contribution is -0.124. The molecule has 1 aromatic rings. The predicted octanol–water partition coefficient (Wildman–Crippen LogP) is 1.60. The summed E-state index contributed by atoms with van der Waals surface area (Å²) in [6.07, 6.45) is 0. The molecular weight excluding hydrogens is 202 g/mol. The van der Waals surface area contributed by atoms with Crippen molar-refractivity contribution in [2.75, 3.05) is 13.7 Å². The molecule has 0 bridgehead atoms. The van der Waals surface area contributed by atoms with Crippen molar-refractivity contribution < 1.29 is 9.53 Å². The van der Waals surface area contributed by atoms with Gasteiger partial charge < -0.3 is 10.1 Å². The molecule has 0 unspecified atom stereocenters. The zero-order valence-electron chi connectivity index (χ0n) is 7.92. The summed E-state index contributed by atoms with van der Waals surface area (Å²) in [6, 6.07) is 7.32. The van der Waals surface area contributed by atoms with Gasteiger partial charge in [-0.25, -0.2) is 0 Å². The quantitative estimate of drug-likeness (QED) is 0.825. The summed E-state index contributed by atoms with van der Waals surface area (Å²) in [6.45, 7) is 0.590. The maximum Gasteiger partial charge on any atom is 0.246 e. The van der Waals surface area contributed by atoms with Crippen LogP contribution < -0.4 is 5.32 Å². The first kappa shape index (κ1) is 11.0. The van der Waals surface area contributed by atoms with Crippen LogP contribution in [0, 0.1) is 0 Å². The van der Waals surface area contributed by atoms with Crippen molar-refractivity contribution in [1.29, 1.82) is 0 Å². The summed E-state index contributed by atoms with van der Waals surface area (Å²) in [7, 11) is 1.49. The summed E-state index contributed by atoms with van der Waals surface area (Å²) < 4.78 is 4.68. The van der Waals surface area contributed by atoms with Crippen molar-refractivity contribution in [3.05, 3.63) is 34.9 Å². The molecule has 3 nitrogen and oxygen atoms in total. The van der Waals surface area contributed by atoms with Gasteiger partial charge in [-0.3, -0.25) is 4.79 Å². The van der Waals surface area contributed by atoms with Gasteiger partial charge in [-0.1, -0.05) is 23.7 Å². The van der Waals surface area contributed by atoms with E-state index in [0.717, 1.165) is 5.56 Å². The standard InChI is InChI=1S/C10H12ClNO2/c1-14-7-10(13)12-6-8-2-4-9(11)5-3-8/h2-5H,6-7H2,1H3,(H,12,13). The number of rotatable bonds is 4. The lowest BCUT2D eigenvalue weighted by Crippen LogP contribution is -2.26. The average molecular weight is 214 g/mol. The SMILES string of the molecule is COCC(=O)NCc1ccc(Cl)cc1. The van der Waals surface area contributed by atoms with Crippen molar-refractivity contribution >= 4 is 17.5 Å². The molecule has 0 radical (unpaired) electrons. The van der Waals surface area contributed by atoms with Gasteiger partial charge >= 0.3 is 0 Å². The average Bonchev–Trinajstić information content (AvgIpc) is 2.17. The maximum absolute atomic E-state index is 11.0. The van der Waals surface area contributed by atoms with Crippen LogP contribution in [0.5, 0.6) is 0 Å². The Morgan fingerprint density at radius 3 is 2.64 bits per heavy atom. The molecule has 1 rings (SSSR count). The molecule has 1 amide bonds. The molecule has 1 N–H and O–H groups in total. The van der Waals surface area contributed by atoms with Gasteiger partial charge in [-0.2, -0.15) is 0 Å². The third-order valence-corrected chi connectivity index (χ3v) is 1.93. The summed E-state index contributed by atoms with van der Waals surface area (Å²) in [4.78, 5) is 11.0. The monoisotopic (exact) mass is 213 g/mol. The first-order valence-corrected chi connectivity index (χ1v) is 4.60. The number of nitrogens with one attached hydrogen (secondary N) is 1. The van der Waals surface area contributed by atoms with E-state index in [1.54, 1.807) is 12.1 Å². The highest BCUT2D eigenvalue weighted by Crippen LogP contribution is 2.08. The lowest BCUT2D eigenvalue weighted by Gasteiger charge is -2.04. The van der Waals surface area contributed by atoms with Gasteiger partial charge in [0.05, 0.1) is 0 Å². The molecule has 14 heavy (non-hydrogen) atoms. The van der Waals surface area contributed by atoms with Crippen molar-refractivity contribution in [3.63, 3.8) is 0 Å². The number of methoxy groups -OCH3 is 1. The van der Waals surface area contributed by atoms with E-state index in [4.69, 9.17) is 11.6 Å². The van der Waals surface area contributed by atoms with E-state index < -0.39 is 0 Å². The fraction of sp³-hybridized carbons (Fsp3) is 0.300. The predicted molar refractivity (Wildman–Crippen MR) is 55.2 cm³/mol. The minimum absolute atomic E-state index is 0.0909. The normalized spacial score (nSPS) is 9.86. The molecule has 0 fully saturated rings. The molecule has 0 aromatic heterocycles. The molecule has 0 aliphatic rings. The third-order valence-electron chi connectivity index (χ3n) is 1.68. The number of benzene rings is 1. The Hall–Kier alpha value is -1.06. The van der Waals surface area contributed by atoms with E-state index in [1.165, 1.54) is 7.11 Å². The van der Waals surface area contributed by atoms with Gasteiger partial charge in [0, 0.05) is 18.7 Å². The molecule has 0 atom stereocenters. The Labute approximate surface area is 88.0 Å². The van der Waals surface area contributed by atoms with Crippen LogP contribution in [0.2, 0.25) is 5.02 Å². The van der Waals surface area contributed by atoms with Gasteiger partial charge in [-0.05, 0) is 17.7 Å². The molecule has 76 valence electrons. The van der Waals surface area contributed by atoms with Gasteiger partial charge in [0.1, 0.15) is 6.61 Å². The molecule has 0 aliphatic heterocycles. The van der Waals surface area contributed by atoms with E-state index in [1.807, 2.05) is 12.1 Å². The number of hydrogen-bond acceptors (Lipinski definition) is 2. The summed E-state index contributed by atoms with van der Waals surface area (Å²) in [5.74, 6) is -0.123. The minimum Gasteiger partial charge on any atom is -0.375 e. The smallest absolute Gasteiger partial charge is 0.246 e. The van der Waals surface area contributed by atoms with E-state index in [2.05, 4.69) is 10.1 Å². The van der Waals surface area contributed by atoms with Crippen LogP contribution in [-0.2, 0) is 16.1 Å². The van der Waals surface area contributed by atoms with Crippen molar-refractivity contribution in [3.8, 4) is 0 Å². The Morgan fingerprint density at radius 2 is 2.07 bits per heavy atom. The van der Waals surface area contributed by atoms with Gasteiger partial charge in [0.15, 0.2) is 0 Å². The second kappa shape index (κ2) is 5.62. The molecular formula is C10H12ClNO2. The van der Waals surface area contributed by atoms with Gasteiger partial charge in [0.2, 0.25) is 5.91 Å². The van der Waals surface area contributed by atoms with Crippen LogP contribution in [0.15, 0.2) is 24.3 Å². The van der Waals surface area contributed by atoms with Crippen LogP contribution in [-0.4, -0.2) is 19.6 Å². The van der Waals surface area contributed by atoms with E-state index in [0.29, 0.717) is 11.6 Å². The number of amides is 1. The fourth-order valence-corrected chi connectivity index (χ4v) is 1.11. The first-order chi connectivity index (χ1) is 6.72. The second-order valence-corrected chi connectivity index (χ2v) is 3.27. The van der Waals surface area contributed by atoms with Crippen LogP contribution >= 0.6 is 11.6 Å². The Kier molecular flexibility index (Phi) is 4.43. The highest BCUT2D eigenvalue weighted by Gasteiger charge is 1.99. The summed E-state index contributed by atoms with van der Waals surface area (Å²) in [5, 5.41) is 3.40. The van der Waals surface area contributed by atoms with E-state index >= 15 is 0 Å². The number of carbonyl (C=O) groups is 1. The Balaban J connectivity index is 2.38. The molecule has 0 spiro atoms. The van der Waals surface area contributed by atoms with Crippen LogP contribution in [0.4, 0.5) is 0 Å². The van der Waals surface area contributed by atoms with Crippen molar-refractivity contribution in [2.45, 2.75) is 6.54 Å². The third kappa shape index (κ3) is 3.77. The summed E-state index contributed by atoms with van der Waals surface area (Å²) in [5.41, 5.74) is 1.01. The highest BCUT2D eigenvalue weighted by molar-refractivity contribution is 6.30. The van der Waals surface area contributed by atoms with Gasteiger partial charge in [0.25, 0.3) is 0 Å². The molecule has 0 saturated carbocycles.